The van der Waals surface area contributed by atoms with Crippen LogP contribution in [-0.2, 0) is 0 Å². The molecule has 0 radical (unpaired) electrons. The zero-order chi connectivity index (χ0) is 19.7. The number of pyridine rings is 1. The van der Waals surface area contributed by atoms with Crippen LogP contribution in [0.25, 0.3) is 22.3 Å². The molecule has 2 heterocycles. The number of fused-ring (bicyclic) bond motifs is 1. The van der Waals surface area contributed by atoms with Crippen molar-refractivity contribution in [1.82, 2.24) is 15.0 Å². The number of aromatic nitrogens is 3. The van der Waals surface area contributed by atoms with E-state index in [0.717, 1.165) is 5.56 Å². The molecule has 6 nitrogen and oxygen atoms in total. The summed E-state index contributed by atoms with van der Waals surface area (Å²) in [5.41, 5.74) is 2.56. The van der Waals surface area contributed by atoms with Crippen molar-refractivity contribution in [3.05, 3.63) is 77.9 Å². The molecule has 2 aromatic heterocycles. The predicted molar refractivity (Wildman–Crippen MR) is 104 cm³/mol. The lowest BCUT2D eigenvalue weighted by molar-refractivity contribution is 0.0697. The minimum atomic E-state index is -1.04. The van der Waals surface area contributed by atoms with Crippen molar-refractivity contribution < 1.29 is 14.3 Å². The molecule has 0 aliphatic rings. The first kappa shape index (κ1) is 17.5. The average Bonchev–Trinajstić information content (AvgIpc) is 2.71. The van der Waals surface area contributed by atoms with Crippen LogP contribution >= 0.6 is 0 Å². The monoisotopic (exact) mass is 374 g/mol. The highest BCUT2D eigenvalue weighted by Gasteiger charge is 2.13. The van der Waals surface area contributed by atoms with E-state index in [1.807, 2.05) is 6.07 Å². The second-order valence-corrected chi connectivity index (χ2v) is 6.26. The van der Waals surface area contributed by atoms with Gasteiger partial charge in [-0.2, -0.15) is 0 Å². The Balaban J connectivity index is 1.90. The third kappa shape index (κ3) is 3.37. The number of rotatable bonds is 4. The van der Waals surface area contributed by atoms with Gasteiger partial charge in [0.2, 0.25) is 0 Å². The molecule has 2 N–H and O–H groups in total. The molecule has 0 atom stereocenters. The highest BCUT2D eigenvalue weighted by Crippen LogP contribution is 2.28. The van der Waals surface area contributed by atoms with E-state index in [0.29, 0.717) is 33.8 Å². The van der Waals surface area contributed by atoms with Crippen LogP contribution in [0.2, 0.25) is 0 Å². The van der Waals surface area contributed by atoms with E-state index in [2.05, 4.69) is 20.3 Å². The Labute approximate surface area is 159 Å². The van der Waals surface area contributed by atoms with Gasteiger partial charge in [0, 0.05) is 29.0 Å². The van der Waals surface area contributed by atoms with Gasteiger partial charge in [0.25, 0.3) is 0 Å². The molecule has 0 spiro atoms. The number of anilines is 2. The average molecular weight is 374 g/mol. The van der Waals surface area contributed by atoms with Gasteiger partial charge in [-0.05, 0) is 61.0 Å². The highest BCUT2D eigenvalue weighted by molar-refractivity contribution is 5.98. The van der Waals surface area contributed by atoms with E-state index < -0.39 is 5.97 Å². The lowest BCUT2D eigenvalue weighted by atomic mass is 10.1. The number of aromatic carboxylic acids is 1. The van der Waals surface area contributed by atoms with Gasteiger partial charge >= 0.3 is 5.97 Å². The molecule has 0 fully saturated rings. The quantitative estimate of drug-likeness (QED) is 0.544. The van der Waals surface area contributed by atoms with Gasteiger partial charge in [-0.25, -0.2) is 19.2 Å². The largest absolute Gasteiger partial charge is 0.478 e. The molecule has 4 aromatic rings. The van der Waals surface area contributed by atoms with E-state index in [9.17, 15) is 14.3 Å². The van der Waals surface area contributed by atoms with Crippen LogP contribution < -0.4 is 5.32 Å². The minimum Gasteiger partial charge on any atom is -0.478 e. The van der Waals surface area contributed by atoms with E-state index >= 15 is 0 Å². The van der Waals surface area contributed by atoms with Crippen molar-refractivity contribution in [3.8, 4) is 11.4 Å². The second kappa shape index (κ2) is 7.03. The van der Waals surface area contributed by atoms with E-state index in [1.54, 1.807) is 43.6 Å². The third-order valence-electron chi connectivity index (χ3n) is 4.28. The summed E-state index contributed by atoms with van der Waals surface area (Å²) in [4.78, 5) is 24.6. The molecule has 4 rings (SSSR count). The van der Waals surface area contributed by atoms with Crippen molar-refractivity contribution in [2.24, 2.45) is 0 Å². The first-order valence-electron chi connectivity index (χ1n) is 8.50. The maximum absolute atomic E-state index is 13.6. The van der Waals surface area contributed by atoms with Gasteiger partial charge in [0.05, 0.1) is 11.1 Å². The van der Waals surface area contributed by atoms with Crippen molar-refractivity contribution in [3.63, 3.8) is 0 Å². The number of hydrogen-bond acceptors (Lipinski definition) is 5. The molecule has 0 bridgehead atoms. The minimum absolute atomic E-state index is 0.128. The number of aryl methyl sites for hydroxylation is 1. The summed E-state index contributed by atoms with van der Waals surface area (Å²) in [5.74, 6) is -0.466. The first-order chi connectivity index (χ1) is 13.5. The maximum Gasteiger partial charge on any atom is 0.335 e. The first-order valence-corrected chi connectivity index (χ1v) is 8.50. The van der Waals surface area contributed by atoms with Crippen LogP contribution in [0.4, 0.5) is 15.9 Å². The van der Waals surface area contributed by atoms with Gasteiger partial charge in [-0.3, -0.25) is 4.98 Å². The molecule has 2 aromatic carbocycles. The van der Waals surface area contributed by atoms with Crippen molar-refractivity contribution in [2.45, 2.75) is 6.92 Å². The maximum atomic E-state index is 13.6. The van der Waals surface area contributed by atoms with Crippen molar-refractivity contribution in [1.29, 1.82) is 0 Å². The summed E-state index contributed by atoms with van der Waals surface area (Å²) in [7, 11) is 0. The van der Waals surface area contributed by atoms with Crippen molar-refractivity contribution >= 4 is 28.4 Å². The van der Waals surface area contributed by atoms with Crippen LogP contribution in [0.1, 0.15) is 15.9 Å². The number of hydrogen-bond donors (Lipinski definition) is 2. The topological polar surface area (TPSA) is 88.0 Å². The van der Waals surface area contributed by atoms with Gasteiger partial charge in [0.1, 0.15) is 11.6 Å². The highest BCUT2D eigenvalue weighted by atomic mass is 19.1. The van der Waals surface area contributed by atoms with E-state index in [4.69, 9.17) is 0 Å². The normalized spacial score (nSPS) is 10.8. The molecule has 0 unspecified atom stereocenters. The Hall–Kier alpha value is -3.87. The Kier molecular flexibility index (Phi) is 4.41. The predicted octanol–water partition coefficient (Wildman–Crippen LogP) is 4.58. The van der Waals surface area contributed by atoms with Crippen LogP contribution in [0.3, 0.4) is 0 Å². The molecule has 0 saturated heterocycles. The summed E-state index contributed by atoms with van der Waals surface area (Å²) in [6.07, 6.45) is 3.31. The fraction of sp³-hybridized carbons (Fsp3) is 0.0476. The van der Waals surface area contributed by atoms with E-state index in [1.165, 1.54) is 18.2 Å². The van der Waals surface area contributed by atoms with Crippen LogP contribution in [-0.4, -0.2) is 26.0 Å². The second-order valence-electron chi connectivity index (χ2n) is 6.26. The van der Waals surface area contributed by atoms with Gasteiger partial charge < -0.3 is 10.4 Å². The Morgan fingerprint density at radius 3 is 2.68 bits per heavy atom. The number of carboxylic acid groups (broad SMARTS) is 1. The van der Waals surface area contributed by atoms with Gasteiger partial charge in [-0.15, -0.1) is 0 Å². The molecule has 7 heteroatoms. The zero-order valence-corrected chi connectivity index (χ0v) is 14.8. The summed E-state index contributed by atoms with van der Waals surface area (Å²) in [6.45, 7) is 1.67. The molecule has 0 saturated carbocycles. The zero-order valence-electron chi connectivity index (χ0n) is 14.8. The van der Waals surface area contributed by atoms with Crippen LogP contribution in [0.5, 0.6) is 0 Å². The number of carbonyl (C=O) groups is 1. The molecular formula is C21H15FN4O2. The molecular weight excluding hydrogens is 359 g/mol. The lowest BCUT2D eigenvalue weighted by Gasteiger charge is -2.12. The molecule has 0 aliphatic heterocycles. The fourth-order valence-corrected chi connectivity index (χ4v) is 2.84. The fourth-order valence-electron chi connectivity index (χ4n) is 2.84. The SMILES string of the molecule is Cc1cc(Nc2nc(-c3cccnc3)nc3ccc(C(=O)O)cc23)ccc1F. The standard InChI is InChI=1S/C21H15FN4O2/c1-12-9-15(5-6-17(12)22)24-20-16-10-13(21(27)28)4-7-18(16)25-19(26-20)14-3-2-8-23-11-14/h2-11H,1H3,(H,27,28)(H,24,25,26). The third-order valence-corrected chi connectivity index (χ3v) is 4.28. The lowest BCUT2D eigenvalue weighted by Crippen LogP contribution is -2.02. The number of nitrogens with zero attached hydrogens (tertiary/aromatic N) is 3. The molecule has 138 valence electrons. The van der Waals surface area contributed by atoms with Crippen LogP contribution in [0.15, 0.2) is 60.9 Å². The molecule has 28 heavy (non-hydrogen) atoms. The summed E-state index contributed by atoms with van der Waals surface area (Å²) < 4.78 is 13.6. The van der Waals surface area contributed by atoms with Gasteiger partial charge in [-0.1, -0.05) is 0 Å². The molecule has 0 amide bonds. The summed E-state index contributed by atoms with van der Waals surface area (Å²) in [5, 5.41) is 13.0. The number of benzene rings is 2. The smallest absolute Gasteiger partial charge is 0.335 e. The summed E-state index contributed by atoms with van der Waals surface area (Å²) >= 11 is 0. The summed E-state index contributed by atoms with van der Waals surface area (Å²) in [6, 6.07) is 12.9. The Morgan fingerprint density at radius 2 is 1.96 bits per heavy atom. The van der Waals surface area contributed by atoms with Crippen molar-refractivity contribution in [2.75, 3.05) is 5.32 Å². The number of halogens is 1. The number of nitrogens with one attached hydrogen (secondary N) is 1. The van der Waals surface area contributed by atoms with Crippen LogP contribution in [0, 0.1) is 12.7 Å². The molecule has 0 aliphatic carbocycles. The van der Waals surface area contributed by atoms with E-state index in [-0.39, 0.29) is 11.4 Å². The van der Waals surface area contributed by atoms with Gasteiger partial charge in [0.15, 0.2) is 5.82 Å². The Bertz CT molecular complexity index is 1200. The number of carboxylic acids is 1. The Morgan fingerprint density at radius 1 is 1.11 bits per heavy atom.